The number of carbonyl (C=O) groups is 1. The molecule has 0 bridgehead atoms. The number of thioether (sulfide) groups is 1. The van der Waals surface area contributed by atoms with Crippen LogP contribution in [0.2, 0.25) is 0 Å². The van der Waals surface area contributed by atoms with Crippen molar-refractivity contribution in [2.24, 2.45) is 0 Å². The van der Waals surface area contributed by atoms with Gasteiger partial charge < -0.3 is 4.74 Å². The summed E-state index contributed by atoms with van der Waals surface area (Å²) in [6.45, 7) is 0. The summed E-state index contributed by atoms with van der Waals surface area (Å²) in [7, 11) is 1.59. The second-order valence-corrected chi connectivity index (χ2v) is 6.04. The average molecular weight is 330 g/mol. The van der Waals surface area contributed by atoms with Crippen LogP contribution in [0.25, 0.3) is 0 Å². The zero-order valence-corrected chi connectivity index (χ0v) is 13.2. The summed E-state index contributed by atoms with van der Waals surface area (Å²) in [6.07, 6.45) is 0. The molecule has 23 heavy (non-hydrogen) atoms. The van der Waals surface area contributed by atoms with E-state index in [-0.39, 0.29) is 17.0 Å². The second-order valence-electron chi connectivity index (χ2n) is 4.97. The molecule has 1 saturated heterocycles. The van der Waals surface area contributed by atoms with Crippen molar-refractivity contribution in [3.8, 4) is 5.75 Å². The van der Waals surface area contributed by atoms with Crippen LogP contribution >= 0.6 is 11.8 Å². The maximum Gasteiger partial charge on any atom is 0.269 e. The first kappa shape index (κ1) is 15.4. The van der Waals surface area contributed by atoms with Gasteiger partial charge in [-0.1, -0.05) is 0 Å². The molecular formula is C16H14N2O4S. The van der Waals surface area contributed by atoms with E-state index in [0.717, 1.165) is 17.0 Å². The Kier molecular flexibility index (Phi) is 4.20. The molecule has 2 aromatic rings. The minimum atomic E-state index is -0.433. The van der Waals surface area contributed by atoms with Crippen molar-refractivity contribution >= 4 is 29.0 Å². The average Bonchev–Trinajstić information content (AvgIpc) is 2.96. The lowest BCUT2D eigenvalue weighted by Gasteiger charge is -2.24. The molecule has 1 heterocycles. The lowest BCUT2D eigenvalue weighted by Crippen LogP contribution is -2.27. The SMILES string of the molecule is COc1ccc(N2C(=O)CS[C@H]2c2ccc([N+](=O)[O-])cc2)cc1. The Bertz CT molecular complexity index is 731. The van der Waals surface area contributed by atoms with E-state index < -0.39 is 4.92 Å². The van der Waals surface area contributed by atoms with Crippen molar-refractivity contribution < 1.29 is 14.5 Å². The fourth-order valence-corrected chi connectivity index (χ4v) is 3.63. The van der Waals surface area contributed by atoms with Crippen LogP contribution in [0, 0.1) is 10.1 Å². The number of nitro groups is 1. The highest BCUT2D eigenvalue weighted by Crippen LogP contribution is 2.42. The molecule has 118 valence electrons. The quantitative estimate of drug-likeness (QED) is 0.635. The standard InChI is InChI=1S/C16H14N2O4S/c1-22-14-8-6-12(7-9-14)17-15(19)10-23-16(17)11-2-4-13(5-3-11)18(20)21/h2-9,16H,10H2,1H3/t16-/m0/s1. The zero-order chi connectivity index (χ0) is 16.4. The summed E-state index contributed by atoms with van der Waals surface area (Å²) in [5, 5.41) is 10.6. The molecular weight excluding hydrogens is 316 g/mol. The van der Waals surface area contributed by atoms with Crippen LogP contribution in [0.15, 0.2) is 48.5 Å². The maximum atomic E-state index is 12.3. The van der Waals surface area contributed by atoms with Crippen LogP contribution in [0.4, 0.5) is 11.4 Å². The van der Waals surface area contributed by atoms with Crippen molar-refractivity contribution in [3.63, 3.8) is 0 Å². The number of carbonyl (C=O) groups excluding carboxylic acids is 1. The van der Waals surface area contributed by atoms with Crippen molar-refractivity contribution in [2.45, 2.75) is 5.37 Å². The summed E-state index contributed by atoms with van der Waals surface area (Å²) in [5.74, 6) is 1.12. The number of hydrogen-bond donors (Lipinski definition) is 0. The molecule has 1 aliphatic rings. The van der Waals surface area contributed by atoms with Crippen LogP contribution in [0.3, 0.4) is 0 Å². The Morgan fingerprint density at radius 3 is 2.39 bits per heavy atom. The predicted molar refractivity (Wildman–Crippen MR) is 88.8 cm³/mol. The van der Waals surface area contributed by atoms with Gasteiger partial charge in [0.1, 0.15) is 11.1 Å². The highest BCUT2D eigenvalue weighted by molar-refractivity contribution is 8.00. The number of benzene rings is 2. The number of amides is 1. The third-order valence-corrected chi connectivity index (χ3v) is 4.82. The van der Waals surface area contributed by atoms with Crippen LogP contribution < -0.4 is 9.64 Å². The van der Waals surface area contributed by atoms with E-state index in [9.17, 15) is 14.9 Å². The molecule has 1 fully saturated rings. The molecule has 7 heteroatoms. The zero-order valence-electron chi connectivity index (χ0n) is 12.3. The first-order valence-electron chi connectivity index (χ1n) is 6.92. The summed E-state index contributed by atoms with van der Waals surface area (Å²) in [6, 6.07) is 13.6. The normalized spacial score (nSPS) is 17.3. The van der Waals surface area contributed by atoms with E-state index in [2.05, 4.69) is 0 Å². The third-order valence-electron chi connectivity index (χ3n) is 3.61. The molecule has 1 amide bonds. The largest absolute Gasteiger partial charge is 0.497 e. The molecule has 0 radical (unpaired) electrons. The fourth-order valence-electron chi connectivity index (χ4n) is 2.45. The van der Waals surface area contributed by atoms with Gasteiger partial charge >= 0.3 is 0 Å². The highest BCUT2D eigenvalue weighted by atomic mass is 32.2. The Morgan fingerprint density at radius 1 is 1.17 bits per heavy atom. The van der Waals surface area contributed by atoms with E-state index in [1.54, 1.807) is 36.3 Å². The molecule has 3 rings (SSSR count). The number of rotatable bonds is 4. The minimum Gasteiger partial charge on any atom is -0.497 e. The van der Waals surface area contributed by atoms with E-state index >= 15 is 0 Å². The van der Waals surface area contributed by atoms with Gasteiger partial charge in [0.2, 0.25) is 5.91 Å². The summed E-state index contributed by atoms with van der Waals surface area (Å²) < 4.78 is 5.13. The Labute approximate surface area is 137 Å². The van der Waals surface area contributed by atoms with Crippen LogP contribution in [0.1, 0.15) is 10.9 Å². The van der Waals surface area contributed by atoms with Gasteiger partial charge in [0.05, 0.1) is 17.8 Å². The first-order valence-corrected chi connectivity index (χ1v) is 7.97. The number of nitrogens with zero attached hydrogens (tertiary/aromatic N) is 2. The van der Waals surface area contributed by atoms with E-state index in [4.69, 9.17) is 4.74 Å². The van der Waals surface area contributed by atoms with Gasteiger partial charge in [-0.05, 0) is 42.0 Å². The maximum absolute atomic E-state index is 12.3. The summed E-state index contributed by atoms with van der Waals surface area (Å²) in [5.41, 5.74) is 1.69. The molecule has 2 aromatic carbocycles. The number of hydrogen-bond acceptors (Lipinski definition) is 5. The lowest BCUT2D eigenvalue weighted by atomic mass is 10.1. The van der Waals surface area contributed by atoms with E-state index in [1.165, 1.54) is 23.9 Å². The molecule has 0 unspecified atom stereocenters. The fraction of sp³-hybridized carbons (Fsp3) is 0.188. The number of ether oxygens (including phenoxy) is 1. The molecule has 6 nitrogen and oxygen atoms in total. The minimum absolute atomic E-state index is 0.0171. The van der Waals surface area contributed by atoms with Crippen molar-refractivity contribution in [3.05, 3.63) is 64.2 Å². The van der Waals surface area contributed by atoms with Crippen LogP contribution in [0.5, 0.6) is 5.75 Å². The third kappa shape index (κ3) is 3.00. The molecule has 0 aliphatic carbocycles. The van der Waals surface area contributed by atoms with Crippen molar-refractivity contribution in [1.82, 2.24) is 0 Å². The lowest BCUT2D eigenvalue weighted by molar-refractivity contribution is -0.384. The number of non-ortho nitro benzene ring substituents is 1. The highest BCUT2D eigenvalue weighted by Gasteiger charge is 2.34. The molecule has 0 aromatic heterocycles. The van der Waals surface area contributed by atoms with Gasteiger partial charge in [-0.3, -0.25) is 19.8 Å². The van der Waals surface area contributed by atoms with Gasteiger partial charge in [0, 0.05) is 17.8 Å². The van der Waals surface area contributed by atoms with Crippen molar-refractivity contribution in [2.75, 3.05) is 17.8 Å². The Hall–Kier alpha value is -2.54. The van der Waals surface area contributed by atoms with Gasteiger partial charge in [0.15, 0.2) is 0 Å². The number of methoxy groups -OCH3 is 1. The molecule has 0 N–H and O–H groups in total. The van der Waals surface area contributed by atoms with Gasteiger partial charge in [0.25, 0.3) is 5.69 Å². The van der Waals surface area contributed by atoms with Gasteiger partial charge in [-0.15, -0.1) is 11.8 Å². The van der Waals surface area contributed by atoms with E-state index in [1.807, 2.05) is 12.1 Å². The van der Waals surface area contributed by atoms with Crippen molar-refractivity contribution in [1.29, 1.82) is 0 Å². The topological polar surface area (TPSA) is 72.7 Å². The summed E-state index contributed by atoms with van der Waals surface area (Å²) in [4.78, 5) is 24.3. The predicted octanol–water partition coefficient (Wildman–Crippen LogP) is 3.38. The second kappa shape index (κ2) is 6.29. The number of anilines is 1. The smallest absolute Gasteiger partial charge is 0.269 e. The number of nitro benzene ring substituents is 1. The Balaban J connectivity index is 1.91. The Morgan fingerprint density at radius 2 is 1.83 bits per heavy atom. The van der Waals surface area contributed by atoms with Gasteiger partial charge in [-0.25, -0.2) is 0 Å². The molecule has 0 saturated carbocycles. The molecule has 0 spiro atoms. The monoisotopic (exact) mass is 330 g/mol. The molecule has 1 atom stereocenters. The summed E-state index contributed by atoms with van der Waals surface area (Å²) >= 11 is 1.51. The van der Waals surface area contributed by atoms with Crippen LogP contribution in [-0.4, -0.2) is 23.7 Å². The van der Waals surface area contributed by atoms with Gasteiger partial charge in [-0.2, -0.15) is 0 Å². The first-order chi connectivity index (χ1) is 11.1. The van der Waals surface area contributed by atoms with Crippen LogP contribution in [-0.2, 0) is 4.79 Å². The molecule has 1 aliphatic heterocycles. The van der Waals surface area contributed by atoms with E-state index in [0.29, 0.717) is 5.75 Å².